The molecule has 0 bridgehead atoms. The second-order valence-electron chi connectivity index (χ2n) is 10.7. The number of carbonyl (C=O) groups excluding carboxylic acids is 3. The van der Waals surface area contributed by atoms with Gasteiger partial charge in [-0.15, -0.1) is 11.8 Å². The van der Waals surface area contributed by atoms with Gasteiger partial charge in [0.15, 0.2) is 0 Å². The van der Waals surface area contributed by atoms with E-state index in [0.29, 0.717) is 22.1 Å². The van der Waals surface area contributed by atoms with Crippen LogP contribution in [0.1, 0.15) is 26.7 Å². The van der Waals surface area contributed by atoms with E-state index >= 15 is 0 Å². The van der Waals surface area contributed by atoms with Crippen molar-refractivity contribution in [2.45, 2.75) is 10.1 Å². The van der Waals surface area contributed by atoms with E-state index in [0.717, 1.165) is 26.8 Å². The number of rotatable bonds is 10. The van der Waals surface area contributed by atoms with Crippen LogP contribution in [0, 0.1) is 0 Å². The van der Waals surface area contributed by atoms with Gasteiger partial charge in [0.2, 0.25) is 5.91 Å². The molecule has 1 aromatic heterocycles. The molecule has 236 valence electrons. The van der Waals surface area contributed by atoms with Crippen LogP contribution in [0.25, 0.3) is 16.8 Å². The van der Waals surface area contributed by atoms with Crippen LogP contribution in [0.5, 0.6) is 0 Å². The molecule has 0 saturated carbocycles. The molecule has 0 radical (unpaired) electrons. The largest absolute Gasteiger partial charge is 0.321 e. The molecule has 0 fully saturated rings. The fourth-order valence-electron chi connectivity index (χ4n) is 4.97. The first-order valence-electron chi connectivity index (χ1n) is 15.0. The van der Waals surface area contributed by atoms with Gasteiger partial charge in [0.05, 0.1) is 5.02 Å². The van der Waals surface area contributed by atoms with Crippen LogP contribution >= 0.6 is 23.4 Å². The zero-order valence-corrected chi connectivity index (χ0v) is 27.0. The number of hydrogen-bond donors (Lipinski definition) is 3. The Bertz CT molecular complexity index is 2080. The molecule has 6 rings (SSSR count). The molecule has 0 aliphatic carbocycles. The quantitative estimate of drug-likeness (QED) is 0.100. The monoisotopic (exact) mass is 668 g/mol. The predicted octanol–water partition coefficient (Wildman–Crippen LogP) is 8.77. The van der Waals surface area contributed by atoms with Gasteiger partial charge < -0.3 is 16.0 Å². The van der Waals surface area contributed by atoms with Crippen molar-refractivity contribution in [1.29, 1.82) is 0 Å². The molecule has 9 heteroatoms. The lowest BCUT2D eigenvalue weighted by Gasteiger charge is -2.17. The molecular weight excluding hydrogens is 640 g/mol. The first-order chi connectivity index (χ1) is 23.4. The number of carbonyl (C=O) groups is 3. The van der Waals surface area contributed by atoms with E-state index in [2.05, 4.69) is 20.9 Å². The first-order valence-corrected chi connectivity index (χ1v) is 16.3. The smallest absolute Gasteiger partial charge is 0.272 e. The summed E-state index contributed by atoms with van der Waals surface area (Å²) in [6, 6.07) is 42.4. The van der Waals surface area contributed by atoms with E-state index in [1.165, 1.54) is 18.0 Å². The zero-order chi connectivity index (χ0) is 33.3. The van der Waals surface area contributed by atoms with Gasteiger partial charge in [-0.1, -0.05) is 103 Å². The predicted molar refractivity (Wildman–Crippen MR) is 194 cm³/mol. The van der Waals surface area contributed by atoms with E-state index in [4.69, 9.17) is 11.6 Å². The first kappa shape index (κ1) is 32.2. The normalized spacial score (nSPS) is 11.8. The third-order valence-electron chi connectivity index (χ3n) is 7.34. The van der Waals surface area contributed by atoms with Crippen LogP contribution in [0.15, 0.2) is 156 Å². The molecule has 0 aliphatic rings. The number of thioether (sulfide) groups is 1. The highest BCUT2D eigenvalue weighted by Gasteiger charge is 2.23. The summed E-state index contributed by atoms with van der Waals surface area (Å²) in [5.41, 5.74) is 2.66. The molecule has 1 unspecified atom stereocenters. The zero-order valence-electron chi connectivity index (χ0n) is 25.5. The topological polar surface area (TPSA) is 100 Å². The Morgan fingerprint density at radius 2 is 1.40 bits per heavy atom. The number of nitrogens with one attached hydrogen (secondary N) is 3. The van der Waals surface area contributed by atoms with Crippen LogP contribution in [0.3, 0.4) is 0 Å². The summed E-state index contributed by atoms with van der Waals surface area (Å²) in [6.07, 6.45) is 3.16. The Balaban J connectivity index is 1.22. The van der Waals surface area contributed by atoms with E-state index in [1.807, 2.05) is 91.0 Å². The molecular formula is C39H29ClN4O3S. The number of benzene rings is 5. The van der Waals surface area contributed by atoms with Gasteiger partial charge in [0, 0.05) is 22.3 Å². The van der Waals surface area contributed by atoms with Crippen molar-refractivity contribution >= 4 is 69.4 Å². The van der Waals surface area contributed by atoms with Crippen molar-refractivity contribution in [1.82, 2.24) is 10.3 Å². The molecule has 1 heterocycles. The summed E-state index contributed by atoms with van der Waals surface area (Å²) in [7, 11) is 0. The summed E-state index contributed by atoms with van der Waals surface area (Å²) in [5.74, 6) is -0.723. The summed E-state index contributed by atoms with van der Waals surface area (Å²) >= 11 is 7.32. The second-order valence-corrected chi connectivity index (χ2v) is 12.3. The van der Waals surface area contributed by atoms with Gasteiger partial charge in [-0.05, 0) is 76.5 Å². The van der Waals surface area contributed by atoms with Crippen LogP contribution in [-0.2, 0) is 9.59 Å². The van der Waals surface area contributed by atoms with Crippen molar-refractivity contribution in [2.24, 2.45) is 0 Å². The van der Waals surface area contributed by atoms with E-state index < -0.39 is 17.1 Å². The Hall–Kier alpha value is -5.70. The molecule has 6 aromatic rings. The molecule has 1 atom stereocenters. The Morgan fingerprint density at radius 3 is 2.12 bits per heavy atom. The van der Waals surface area contributed by atoms with Gasteiger partial charge >= 0.3 is 0 Å². The average molecular weight is 669 g/mol. The molecule has 5 aromatic carbocycles. The SMILES string of the molecule is O=C(Nc1ccc(SC(C(=O)Nc2ccc(Cl)cn2)c2ccccc2)cc1)/C(=C/c1cccc2ccccc12)NC(=O)c1ccccc1. The van der Waals surface area contributed by atoms with Gasteiger partial charge in [0.25, 0.3) is 11.8 Å². The Labute approximate surface area is 287 Å². The molecule has 48 heavy (non-hydrogen) atoms. The van der Waals surface area contributed by atoms with E-state index in [1.54, 1.807) is 54.6 Å². The highest BCUT2D eigenvalue weighted by atomic mass is 35.5. The standard InChI is InChI=1S/C39H29ClN4O3S/c40-30-18-23-35(41-25-30)44-39(47)36(27-11-3-1-4-12-27)48-32-21-19-31(20-22-32)42-38(46)34(43-37(45)28-13-5-2-6-14-28)24-29-16-9-15-26-10-7-8-17-33(26)29/h1-25,36H,(H,42,46)(H,43,45)(H,41,44,47)/b34-24-. The lowest BCUT2D eigenvalue weighted by Crippen LogP contribution is -2.30. The highest BCUT2D eigenvalue weighted by Crippen LogP contribution is 2.36. The Morgan fingerprint density at radius 1 is 0.708 bits per heavy atom. The highest BCUT2D eigenvalue weighted by molar-refractivity contribution is 8.00. The summed E-state index contributed by atoms with van der Waals surface area (Å²) < 4.78 is 0. The molecule has 0 aliphatic heterocycles. The summed E-state index contributed by atoms with van der Waals surface area (Å²) in [4.78, 5) is 45.2. The fourth-order valence-corrected chi connectivity index (χ4v) is 6.10. The fraction of sp³-hybridized carbons (Fsp3) is 0.0256. The van der Waals surface area contributed by atoms with Crippen molar-refractivity contribution < 1.29 is 14.4 Å². The second kappa shape index (κ2) is 15.3. The maximum absolute atomic E-state index is 13.7. The van der Waals surface area contributed by atoms with Gasteiger partial charge in [-0.2, -0.15) is 0 Å². The van der Waals surface area contributed by atoms with Gasteiger partial charge in [-0.3, -0.25) is 14.4 Å². The molecule has 3 amide bonds. The van der Waals surface area contributed by atoms with Crippen molar-refractivity contribution in [3.8, 4) is 0 Å². The number of fused-ring (bicyclic) bond motifs is 1. The molecule has 3 N–H and O–H groups in total. The third-order valence-corrected chi connectivity index (χ3v) is 8.83. The number of aromatic nitrogens is 1. The molecule has 0 saturated heterocycles. The maximum Gasteiger partial charge on any atom is 0.272 e. The van der Waals surface area contributed by atoms with E-state index in [-0.39, 0.29) is 11.6 Å². The van der Waals surface area contributed by atoms with Crippen molar-refractivity contribution in [2.75, 3.05) is 10.6 Å². The lowest BCUT2D eigenvalue weighted by atomic mass is 10.0. The van der Waals surface area contributed by atoms with Crippen molar-refractivity contribution in [3.05, 3.63) is 173 Å². The lowest BCUT2D eigenvalue weighted by molar-refractivity contribution is -0.116. The number of nitrogens with zero attached hydrogens (tertiary/aromatic N) is 1. The summed E-state index contributed by atoms with van der Waals surface area (Å²) in [5, 5.41) is 10.4. The minimum absolute atomic E-state index is 0.0929. The van der Waals surface area contributed by atoms with Crippen LogP contribution in [-0.4, -0.2) is 22.7 Å². The number of halogens is 1. The summed E-state index contributed by atoms with van der Waals surface area (Å²) in [6.45, 7) is 0. The van der Waals surface area contributed by atoms with Gasteiger partial charge in [0.1, 0.15) is 16.8 Å². The average Bonchev–Trinajstić information content (AvgIpc) is 3.12. The minimum Gasteiger partial charge on any atom is -0.321 e. The number of pyridine rings is 1. The number of amides is 3. The van der Waals surface area contributed by atoms with Crippen molar-refractivity contribution in [3.63, 3.8) is 0 Å². The minimum atomic E-state index is -0.576. The molecule has 7 nitrogen and oxygen atoms in total. The molecule has 0 spiro atoms. The van der Waals surface area contributed by atoms with Gasteiger partial charge in [-0.25, -0.2) is 4.98 Å². The Kier molecular flexibility index (Phi) is 10.3. The van der Waals surface area contributed by atoms with Crippen LogP contribution in [0.4, 0.5) is 11.5 Å². The number of anilines is 2. The van der Waals surface area contributed by atoms with E-state index in [9.17, 15) is 14.4 Å². The number of hydrogen-bond acceptors (Lipinski definition) is 5. The van der Waals surface area contributed by atoms with Crippen LogP contribution < -0.4 is 16.0 Å². The third kappa shape index (κ3) is 8.17. The van der Waals surface area contributed by atoms with Crippen LogP contribution in [0.2, 0.25) is 5.02 Å². The maximum atomic E-state index is 13.7.